The maximum absolute atomic E-state index is 12.3. The van der Waals surface area contributed by atoms with Gasteiger partial charge in [0.15, 0.2) is 0 Å². The highest BCUT2D eigenvalue weighted by molar-refractivity contribution is 9.10. The van der Waals surface area contributed by atoms with E-state index in [-0.39, 0.29) is 5.75 Å². The van der Waals surface area contributed by atoms with Crippen LogP contribution in [0.25, 0.3) is 11.0 Å². The van der Waals surface area contributed by atoms with Gasteiger partial charge in [-0.25, -0.2) is 8.42 Å². The minimum atomic E-state index is -3.40. The Labute approximate surface area is 143 Å². The van der Waals surface area contributed by atoms with E-state index in [0.717, 1.165) is 26.6 Å². The SMILES string of the molecule is Cc1coc2ccc(NS(=O)(=O)CCc3ccc(Br)cc3)cc12. The third-order valence-electron chi connectivity index (χ3n) is 3.61. The molecule has 23 heavy (non-hydrogen) atoms. The number of rotatable bonds is 5. The molecule has 0 unspecified atom stereocenters. The zero-order chi connectivity index (χ0) is 16.4. The Morgan fingerprint density at radius 2 is 1.87 bits per heavy atom. The van der Waals surface area contributed by atoms with E-state index in [1.165, 1.54) is 0 Å². The van der Waals surface area contributed by atoms with Gasteiger partial charge in [0.25, 0.3) is 0 Å². The van der Waals surface area contributed by atoms with Crippen molar-refractivity contribution in [2.24, 2.45) is 0 Å². The quantitative estimate of drug-likeness (QED) is 0.694. The number of sulfonamides is 1. The first-order valence-electron chi connectivity index (χ1n) is 7.16. The first kappa shape index (κ1) is 16.1. The Balaban J connectivity index is 1.71. The molecule has 0 amide bonds. The molecule has 1 heterocycles. The van der Waals surface area contributed by atoms with Gasteiger partial charge in [0.2, 0.25) is 10.0 Å². The second kappa shape index (κ2) is 6.37. The van der Waals surface area contributed by atoms with E-state index in [0.29, 0.717) is 12.1 Å². The van der Waals surface area contributed by atoms with Gasteiger partial charge in [-0.1, -0.05) is 28.1 Å². The van der Waals surface area contributed by atoms with Gasteiger partial charge < -0.3 is 4.42 Å². The van der Waals surface area contributed by atoms with Crippen LogP contribution < -0.4 is 4.72 Å². The lowest BCUT2D eigenvalue weighted by Crippen LogP contribution is -2.18. The van der Waals surface area contributed by atoms with Gasteiger partial charge in [-0.2, -0.15) is 0 Å². The third kappa shape index (κ3) is 3.95. The van der Waals surface area contributed by atoms with Crippen molar-refractivity contribution < 1.29 is 12.8 Å². The number of aryl methyl sites for hydroxylation is 2. The third-order valence-corrected chi connectivity index (χ3v) is 5.43. The predicted molar refractivity (Wildman–Crippen MR) is 96.2 cm³/mol. The Morgan fingerprint density at radius 3 is 2.61 bits per heavy atom. The van der Waals surface area contributed by atoms with Crippen LogP contribution >= 0.6 is 15.9 Å². The van der Waals surface area contributed by atoms with Crippen molar-refractivity contribution in [2.45, 2.75) is 13.3 Å². The summed E-state index contributed by atoms with van der Waals surface area (Å²) in [4.78, 5) is 0. The van der Waals surface area contributed by atoms with Gasteiger partial charge in [0.1, 0.15) is 5.58 Å². The van der Waals surface area contributed by atoms with E-state index in [1.807, 2.05) is 31.2 Å². The summed E-state index contributed by atoms with van der Waals surface area (Å²) < 4.78 is 33.5. The lowest BCUT2D eigenvalue weighted by atomic mass is 10.2. The highest BCUT2D eigenvalue weighted by Gasteiger charge is 2.12. The Hall–Kier alpha value is -1.79. The van der Waals surface area contributed by atoms with Crippen LogP contribution in [0.3, 0.4) is 0 Å². The molecule has 0 radical (unpaired) electrons. The fourth-order valence-electron chi connectivity index (χ4n) is 2.35. The van der Waals surface area contributed by atoms with Crippen LogP contribution in [0.4, 0.5) is 5.69 Å². The monoisotopic (exact) mass is 393 g/mol. The second-order valence-electron chi connectivity index (χ2n) is 5.43. The maximum Gasteiger partial charge on any atom is 0.233 e. The van der Waals surface area contributed by atoms with Crippen molar-refractivity contribution in [3.05, 3.63) is 64.3 Å². The molecule has 3 aromatic rings. The summed E-state index contributed by atoms with van der Waals surface area (Å²) in [6.07, 6.45) is 2.13. The second-order valence-corrected chi connectivity index (χ2v) is 8.18. The number of halogens is 1. The number of nitrogens with one attached hydrogen (secondary N) is 1. The molecule has 0 aliphatic rings. The molecule has 120 valence electrons. The molecule has 3 rings (SSSR count). The molecule has 0 bridgehead atoms. The van der Waals surface area contributed by atoms with Crippen LogP contribution in [-0.2, 0) is 16.4 Å². The fraction of sp³-hybridized carbons (Fsp3) is 0.176. The summed E-state index contributed by atoms with van der Waals surface area (Å²) in [6, 6.07) is 12.9. The molecule has 0 saturated heterocycles. The molecule has 0 spiro atoms. The highest BCUT2D eigenvalue weighted by atomic mass is 79.9. The van der Waals surface area contributed by atoms with Crippen LogP contribution in [0, 0.1) is 6.92 Å². The van der Waals surface area contributed by atoms with Crippen LogP contribution in [-0.4, -0.2) is 14.2 Å². The van der Waals surface area contributed by atoms with E-state index < -0.39 is 10.0 Å². The van der Waals surface area contributed by atoms with Gasteiger partial charge in [0.05, 0.1) is 12.0 Å². The topological polar surface area (TPSA) is 59.3 Å². The van der Waals surface area contributed by atoms with Crippen LogP contribution in [0.2, 0.25) is 0 Å². The highest BCUT2D eigenvalue weighted by Crippen LogP contribution is 2.24. The molecule has 6 heteroatoms. The van der Waals surface area contributed by atoms with Crippen molar-refractivity contribution in [1.82, 2.24) is 0 Å². The zero-order valence-corrected chi connectivity index (χ0v) is 14.9. The minimum absolute atomic E-state index is 0.0387. The van der Waals surface area contributed by atoms with Crippen molar-refractivity contribution >= 4 is 42.6 Å². The molecule has 0 fully saturated rings. The van der Waals surface area contributed by atoms with Crippen molar-refractivity contribution in [1.29, 1.82) is 0 Å². The molecule has 0 aliphatic heterocycles. The normalized spacial score (nSPS) is 11.7. The van der Waals surface area contributed by atoms with Crippen molar-refractivity contribution in [2.75, 3.05) is 10.5 Å². The minimum Gasteiger partial charge on any atom is -0.464 e. The Bertz CT molecular complexity index is 930. The average Bonchev–Trinajstić information content (AvgIpc) is 2.88. The molecule has 1 aromatic heterocycles. The van der Waals surface area contributed by atoms with E-state index >= 15 is 0 Å². The molecule has 1 N–H and O–H groups in total. The van der Waals surface area contributed by atoms with E-state index in [2.05, 4.69) is 20.7 Å². The molecular weight excluding hydrogens is 378 g/mol. The van der Waals surface area contributed by atoms with Gasteiger partial charge in [-0.15, -0.1) is 0 Å². The van der Waals surface area contributed by atoms with E-state index in [9.17, 15) is 8.42 Å². The predicted octanol–water partition coefficient (Wildman–Crippen LogP) is 4.49. The van der Waals surface area contributed by atoms with Gasteiger partial charge >= 0.3 is 0 Å². The molecule has 2 aromatic carbocycles. The number of anilines is 1. The van der Waals surface area contributed by atoms with Crippen molar-refractivity contribution in [3.63, 3.8) is 0 Å². The van der Waals surface area contributed by atoms with Gasteiger partial charge in [0, 0.05) is 15.5 Å². The fourth-order valence-corrected chi connectivity index (χ4v) is 3.71. The van der Waals surface area contributed by atoms with Crippen LogP contribution in [0.5, 0.6) is 0 Å². The average molecular weight is 394 g/mol. The number of hydrogen-bond acceptors (Lipinski definition) is 3. The first-order valence-corrected chi connectivity index (χ1v) is 9.60. The standard InChI is InChI=1S/C17H16BrNO3S/c1-12-11-22-17-7-6-15(10-16(12)17)19-23(20,21)9-8-13-2-4-14(18)5-3-13/h2-7,10-11,19H,8-9H2,1H3. The number of hydrogen-bond donors (Lipinski definition) is 1. The van der Waals surface area contributed by atoms with Crippen LogP contribution in [0.15, 0.2) is 57.6 Å². The largest absolute Gasteiger partial charge is 0.464 e. The summed E-state index contributed by atoms with van der Waals surface area (Å²) in [6.45, 7) is 1.93. The first-order chi connectivity index (χ1) is 10.9. The van der Waals surface area contributed by atoms with Gasteiger partial charge in [-0.05, 0) is 54.8 Å². The maximum atomic E-state index is 12.3. The molecule has 0 saturated carbocycles. The number of furan rings is 1. The lowest BCUT2D eigenvalue weighted by molar-refractivity contribution is 0.600. The smallest absolute Gasteiger partial charge is 0.233 e. The molecular formula is C17H16BrNO3S. The van der Waals surface area contributed by atoms with Crippen molar-refractivity contribution in [3.8, 4) is 0 Å². The summed E-state index contributed by atoms with van der Waals surface area (Å²) in [5, 5.41) is 0.915. The van der Waals surface area contributed by atoms with Crippen LogP contribution in [0.1, 0.15) is 11.1 Å². The summed E-state index contributed by atoms with van der Waals surface area (Å²) in [7, 11) is -3.40. The number of fused-ring (bicyclic) bond motifs is 1. The Morgan fingerprint density at radius 1 is 1.13 bits per heavy atom. The summed E-state index contributed by atoms with van der Waals surface area (Å²) in [5.74, 6) is 0.0387. The number of benzene rings is 2. The molecule has 0 aliphatic carbocycles. The van der Waals surface area contributed by atoms with Gasteiger partial charge in [-0.3, -0.25) is 4.72 Å². The lowest BCUT2D eigenvalue weighted by Gasteiger charge is -2.08. The molecule has 4 nitrogen and oxygen atoms in total. The summed E-state index contributed by atoms with van der Waals surface area (Å²) >= 11 is 3.36. The van der Waals surface area contributed by atoms with E-state index in [1.54, 1.807) is 24.5 Å². The zero-order valence-electron chi connectivity index (χ0n) is 12.5. The summed E-state index contributed by atoms with van der Waals surface area (Å²) in [5.41, 5.74) is 3.27. The van der Waals surface area contributed by atoms with E-state index in [4.69, 9.17) is 4.42 Å². The molecule has 0 atom stereocenters. The Kier molecular flexibility index (Phi) is 4.46.